The highest BCUT2D eigenvalue weighted by Crippen LogP contribution is 1.63. The normalized spacial score (nSPS) is 8.29. The van der Waals surface area contributed by atoms with Crippen LogP contribution in [-0.4, -0.2) is 19.6 Å². The molecule has 0 aliphatic rings. The zero-order valence-electron chi connectivity index (χ0n) is 4.23. The average molecular weight is 105 g/mol. The van der Waals surface area contributed by atoms with Gasteiger partial charge in [-0.05, 0) is 0 Å². The van der Waals surface area contributed by atoms with E-state index in [0.717, 1.165) is 0 Å². The van der Waals surface area contributed by atoms with Crippen molar-refractivity contribution >= 4 is 5.97 Å². The maximum absolute atomic E-state index is 10.1. The molecule has 0 radical (unpaired) electrons. The van der Waals surface area contributed by atoms with Gasteiger partial charge >= 0.3 is 5.97 Å². The summed E-state index contributed by atoms with van der Waals surface area (Å²) < 4.78 is 4.25. The van der Waals surface area contributed by atoms with E-state index in [1.54, 1.807) is 0 Å². The van der Waals surface area contributed by atoms with Gasteiger partial charge in [-0.1, -0.05) is 0 Å². The molecule has 0 aromatic rings. The van der Waals surface area contributed by atoms with Crippen LogP contribution in [0, 0.1) is 0 Å². The first-order valence-electron chi connectivity index (χ1n) is 1.88. The minimum Gasteiger partial charge on any atom is -0.468 e. The van der Waals surface area contributed by atoms with Gasteiger partial charge in [0, 0.05) is 0 Å². The van der Waals surface area contributed by atoms with Gasteiger partial charge in [0.1, 0.15) is 6.54 Å². The highest BCUT2D eigenvalue weighted by molar-refractivity contribution is 5.71. The summed E-state index contributed by atoms with van der Waals surface area (Å²) in [4.78, 5) is 10.1. The third-order valence-electron chi connectivity index (χ3n) is 0.497. The highest BCUT2D eigenvalue weighted by Gasteiger charge is 1.94. The van der Waals surface area contributed by atoms with Crippen molar-refractivity contribution in [3.63, 3.8) is 0 Å². The Kier molecular flexibility index (Phi) is 3.26. The number of ether oxygens (including phenoxy) is 1. The SMILES string of the molecule is COC(=O)CN[NH3+]. The van der Waals surface area contributed by atoms with Crippen LogP contribution in [0.4, 0.5) is 0 Å². The minimum atomic E-state index is -0.296. The summed E-state index contributed by atoms with van der Waals surface area (Å²) in [5.41, 5.74) is 2.39. The number of carbonyl (C=O) groups excluding carboxylic acids is 1. The molecule has 4 heteroatoms. The zero-order chi connectivity index (χ0) is 5.70. The lowest BCUT2D eigenvalue weighted by Gasteiger charge is -1.91. The Morgan fingerprint density at radius 1 is 2.00 bits per heavy atom. The van der Waals surface area contributed by atoms with Crippen molar-refractivity contribution in [1.82, 2.24) is 5.43 Å². The summed E-state index contributed by atoms with van der Waals surface area (Å²) in [5, 5.41) is 0. The van der Waals surface area contributed by atoms with E-state index < -0.39 is 0 Å². The van der Waals surface area contributed by atoms with Crippen LogP contribution in [-0.2, 0) is 9.53 Å². The number of hydrogen-bond donors (Lipinski definition) is 2. The van der Waals surface area contributed by atoms with E-state index in [4.69, 9.17) is 0 Å². The number of methoxy groups -OCH3 is 1. The molecule has 0 unspecified atom stereocenters. The molecule has 0 bridgehead atoms. The Morgan fingerprint density at radius 2 is 2.57 bits per heavy atom. The maximum Gasteiger partial charge on any atom is 0.325 e. The number of rotatable bonds is 2. The van der Waals surface area contributed by atoms with E-state index in [1.165, 1.54) is 7.11 Å². The van der Waals surface area contributed by atoms with Crippen molar-refractivity contribution in [3.8, 4) is 0 Å². The standard InChI is InChI=1S/C3H8N2O2/c1-7-3(6)2-5-4/h5H,2,4H2,1H3/p+1. The van der Waals surface area contributed by atoms with Gasteiger partial charge in [0.05, 0.1) is 7.11 Å². The summed E-state index contributed by atoms with van der Waals surface area (Å²) in [6.45, 7) is 0.177. The van der Waals surface area contributed by atoms with Crippen LogP contribution in [0.3, 0.4) is 0 Å². The van der Waals surface area contributed by atoms with E-state index in [1.807, 2.05) is 0 Å². The molecular formula is C3H9N2O2+. The third kappa shape index (κ3) is 3.21. The monoisotopic (exact) mass is 105 g/mol. The van der Waals surface area contributed by atoms with E-state index >= 15 is 0 Å². The molecule has 0 aromatic carbocycles. The molecule has 0 fully saturated rings. The first kappa shape index (κ1) is 6.39. The van der Waals surface area contributed by atoms with Crippen molar-refractivity contribution in [2.24, 2.45) is 0 Å². The summed E-state index contributed by atoms with van der Waals surface area (Å²) in [6, 6.07) is 0. The van der Waals surface area contributed by atoms with Crippen molar-refractivity contribution in [2.75, 3.05) is 13.7 Å². The lowest BCUT2D eigenvalue weighted by molar-refractivity contribution is -0.440. The molecule has 0 atom stereocenters. The van der Waals surface area contributed by atoms with Crippen molar-refractivity contribution in [3.05, 3.63) is 0 Å². The van der Waals surface area contributed by atoms with Crippen LogP contribution in [0.2, 0.25) is 0 Å². The second kappa shape index (κ2) is 3.58. The van der Waals surface area contributed by atoms with E-state index in [0.29, 0.717) is 0 Å². The topological polar surface area (TPSA) is 66.0 Å². The van der Waals surface area contributed by atoms with Gasteiger partial charge in [-0.3, -0.25) is 10.6 Å². The molecule has 7 heavy (non-hydrogen) atoms. The molecule has 0 aliphatic carbocycles. The smallest absolute Gasteiger partial charge is 0.325 e. The lowest BCUT2D eigenvalue weighted by Crippen LogP contribution is -2.66. The lowest BCUT2D eigenvalue weighted by atomic mass is 10.7. The first-order chi connectivity index (χ1) is 3.31. The molecule has 0 rings (SSSR count). The van der Waals surface area contributed by atoms with Crippen LogP contribution >= 0.6 is 0 Å². The average Bonchev–Trinajstić information content (AvgIpc) is 1.68. The predicted molar refractivity (Wildman–Crippen MR) is 22.9 cm³/mol. The van der Waals surface area contributed by atoms with Crippen molar-refractivity contribution < 1.29 is 15.4 Å². The molecule has 0 aliphatic heterocycles. The van der Waals surface area contributed by atoms with Crippen LogP contribution in [0.5, 0.6) is 0 Å². The quantitative estimate of drug-likeness (QED) is 0.312. The van der Waals surface area contributed by atoms with Gasteiger partial charge in [0.25, 0.3) is 0 Å². The van der Waals surface area contributed by atoms with Gasteiger partial charge in [-0.15, -0.1) is 0 Å². The molecular weight excluding hydrogens is 96.0 g/mol. The molecule has 0 amide bonds. The fraction of sp³-hybridized carbons (Fsp3) is 0.667. The molecule has 0 spiro atoms. The molecule has 0 saturated heterocycles. The highest BCUT2D eigenvalue weighted by atomic mass is 16.5. The van der Waals surface area contributed by atoms with Gasteiger partial charge in [-0.25, -0.2) is 0 Å². The molecule has 4 nitrogen and oxygen atoms in total. The Balaban J connectivity index is 3.00. The predicted octanol–water partition coefficient (Wildman–Crippen LogP) is -2.09. The zero-order valence-corrected chi connectivity index (χ0v) is 4.23. The van der Waals surface area contributed by atoms with Gasteiger partial charge in [0.15, 0.2) is 0 Å². The third-order valence-corrected chi connectivity index (χ3v) is 0.497. The number of esters is 1. The van der Waals surface area contributed by atoms with E-state index in [2.05, 4.69) is 16.0 Å². The fourth-order valence-electron chi connectivity index (χ4n) is 0.174. The largest absolute Gasteiger partial charge is 0.468 e. The van der Waals surface area contributed by atoms with Crippen molar-refractivity contribution in [1.29, 1.82) is 0 Å². The molecule has 0 aromatic heterocycles. The Hall–Kier alpha value is -0.610. The van der Waals surface area contributed by atoms with E-state index in [9.17, 15) is 4.79 Å². The Morgan fingerprint density at radius 3 is 2.71 bits per heavy atom. The number of nitrogens with one attached hydrogen (secondary N) is 1. The number of quaternary nitrogens is 1. The Labute approximate surface area is 41.6 Å². The second-order valence-corrected chi connectivity index (χ2v) is 1.00. The van der Waals surface area contributed by atoms with Crippen LogP contribution in [0.25, 0.3) is 0 Å². The van der Waals surface area contributed by atoms with Gasteiger partial charge in [-0.2, -0.15) is 5.43 Å². The van der Waals surface area contributed by atoms with Crippen molar-refractivity contribution in [2.45, 2.75) is 0 Å². The van der Waals surface area contributed by atoms with Crippen LogP contribution < -0.4 is 11.3 Å². The summed E-state index contributed by atoms with van der Waals surface area (Å²) >= 11 is 0. The first-order valence-corrected chi connectivity index (χ1v) is 1.88. The molecule has 42 valence electrons. The Bertz CT molecular complexity index is 64.0. The second-order valence-electron chi connectivity index (χ2n) is 1.00. The number of hydrogen-bond acceptors (Lipinski definition) is 3. The summed E-state index contributed by atoms with van der Waals surface area (Å²) in [5.74, 6) is 2.93. The summed E-state index contributed by atoms with van der Waals surface area (Å²) in [6.07, 6.45) is 0. The molecule has 4 N–H and O–H groups in total. The molecule has 0 saturated carbocycles. The van der Waals surface area contributed by atoms with Gasteiger partial charge < -0.3 is 4.74 Å². The summed E-state index contributed by atoms with van der Waals surface area (Å²) in [7, 11) is 1.33. The maximum atomic E-state index is 10.1. The van der Waals surface area contributed by atoms with Crippen LogP contribution in [0.15, 0.2) is 0 Å². The molecule has 0 heterocycles. The van der Waals surface area contributed by atoms with Gasteiger partial charge in [0.2, 0.25) is 0 Å². The minimum absolute atomic E-state index is 0.177. The fourth-order valence-corrected chi connectivity index (χ4v) is 0.174. The number of carbonyl (C=O) groups is 1. The van der Waals surface area contributed by atoms with Crippen LogP contribution in [0.1, 0.15) is 0 Å². The van der Waals surface area contributed by atoms with E-state index in [-0.39, 0.29) is 12.5 Å².